The average Bonchev–Trinajstić information content (AvgIpc) is 2.18. The van der Waals surface area contributed by atoms with Crippen molar-refractivity contribution in [2.45, 2.75) is 0 Å². The first-order chi connectivity index (χ1) is 8.31. The molecule has 6 N–H and O–H groups in total. The summed E-state index contributed by atoms with van der Waals surface area (Å²) in [6.07, 6.45) is 0. The van der Waals surface area contributed by atoms with Crippen LogP contribution in [0.15, 0.2) is 0 Å². The van der Waals surface area contributed by atoms with E-state index in [1.54, 1.807) is 0 Å². The molecule has 0 atom stereocenters. The van der Waals surface area contributed by atoms with E-state index in [9.17, 15) is 15.1 Å². The third-order valence-corrected chi connectivity index (χ3v) is 0.569. The summed E-state index contributed by atoms with van der Waals surface area (Å²) in [6.45, 7) is 0. The molecule has 0 bridgehead atoms. The summed E-state index contributed by atoms with van der Waals surface area (Å²) in [4.78, 5) is 0. The Hall–Kier alpha value is 2.40. The summed E-state index contributed by atoms with van der Waals surface area (Å²) in [5, 5.41) is 55.7. The van der Waals surface area contributed by atoms with E-state index in [2.05, 4.69) is 30.6 Å². The monoisotopic (exact) mass is 590 g/mol. The van der Waals surface area contributed by atoms with Crippen molar-refractivity contribution in [3.63, 3.8) is 0 Å². The minimum Gasteiger partial charge on any atom is -0.862 e. The Kier molecular flexibility index (Phi) is 49.8. The zero-order valence-corrected chi connectivity index (χ0v) is 13.2. The molecular weight excluding hydrogens is 585 g/mol. The number of hydrogen-bond acceptors (Lipinski definition) is 12. The summed E-state index contributed by atoms with van der Waals surface area (Å²) in [5.74, 6) is 0. The van der Waals surface area contributed by atoms with Gasteiger partial charge >= 0.3 is 74.6 Å². The maximum Gasteiger partial charge on any atom is 3.00 e. The van der Waals surface area contributed by atoms with Crippen LogP contribution < -0.4 is 47.1 Å². The molecule has 0 saturated heterocycles. The predicted octanol–water partition coefficient (Wildman–Crippen LogP) is -11.4. The van der Waals surface area contributed by atoms with E-state index in [-0.39, 0.29) is 97.7 Å². The number of hydrogen-bond donors (Lipinski definition) is 3. The SMILES string of the molecule is NB([O-])O[B][O-].NB([O-])O[B][O-].NB([O-])O[B][O-].[Er+3].[Er+3]. The van der Waals surface area contributed by atoms with Gasteiger partial charge in [-0.15, -0.1) is 0 Å². The van der Waals surface area contributed by atoms with E-state index >= 15 is 0 Å². The minimum atomic E-state index is -1.72. The molecule has 0 aromatic carbocycles. The van der Waals surface area contributed by atoms with Crippen molar-refractivity contribution in [1.82, 2.24) is 0 Å². The second-order valence-corrected chi connectivity index (χ2v) is 1.80. The standard InChI is InChI=1S/3B2H2NO3.2Er/c3*3-2(5)6-1-4;;/h3*3H2;;/q3*-2;2*+3. The van der Waals surface area contributed by atoms with E-state index < -0.39 is 21.8 Å². The van der Waals surface area contributed by atoms with Crippen LogP contribution in [0.2, 0.25) is 0 Å². The van der Waals surface area contributed by atoms with Crippen molar-refractivity contribution in [1.29, 1.82) is 0 Å². The first-order valence-corrected chi connectivity index (χ1v) is 3.83. The summed E-state index contributed by atoms with van der Waals surface area (Å²) in [7, 11) is -5.12. The molecule has 0 aromatic rings. The van der Waals surface area contributed by atoms with E-state index in [0.29, 0.717) is 0 Å². The Labute approximate surface area is 178 Å². The molecular formula is H6B6Er2N3O9. The molecule has 0 saturated carbocycles. The van der Waals surface area contributed by atoms with E-state index in [0.717, 1.165) is 0 Å². The Morgan fingerprint density at radius 2 is 0.750 bits per heavy atom. The Morgan fingerprint density at radius 3 is 0.750 bits per heavy atom. The van der Waals surface area contributed by atoms with Gasteiger partial charge in [0, 0.05) is 0 Å². The largest absolute Gasteiger partial charge is 3.00 e. The summed E-state index contributed by atoms with van der Waals surface area (Å²) >= 11 is 0. The van der Waals surface area contributed by atoms with Crippen molar-refractivity contribution in [2.75, 3.05) is 0 Å². The molecule has 0 fully saturated rings. The fourth-order valence-corrected chi connectivity index (χ4v) is 0.164. The fraction of sp³-hybridized carbons (Fsp3) is 0. The molecule has 20 heavy (non-hydrogen) atoms. The van der Waals surface area contributed by atoms with Crippen molar-refractivity contribution in [2.24, 2.45) is 16.9 Å². The molecule has 0 spiro atoms. The summed E-state index contributed by atoms with van der Waals surface area (Å²) in [6, 6.07) is 0. The smallest absolute Gasteiger partial charge is 0.862 e. The van der Waals surface area contributed by atoms with Crippen LogP contribution in [0.4, 0.5) is 0 Å². The normalized spacial score (nSPS) is 7.05. The Bertz CT molecular complexity index is 123. The molecule has 5 radical (unpaired) electrons. The van der Waals surface area contributed by atoms with E-state index in [1.807, 2.05) is 0 Å². The first-order valence-electron chi connectivity index (χ1n) is 3.83. The van der Waals surface area contributed by atoms with Gasteiger partial charge < -0.3 is 60.8 Å². The molecule has 0 rings (SSSR count). The maximum absolute atomic E-state index is 9.45. The zero-order chi connectivity index (χ0) is 15.0. The van der Waals surface area contributed by atoms with Gasteiger partial charge in [-0.05, 0) is 0 Å². The van der Waals surface area contributed by atoms with Crippen molar-refractivity contribution in [3.8, 4) is 0 Å². The molecule has 0 aliphatic heterocycles. The van der Waals surface area contributed by atoms with Gasteiger partial charge in [-0.2, -0.15) is 0 Å². The van der Waals surface area contributed by atoms with Crippen molar-refractivity contribution < 1.29 is 118 Å². The minimum absolute atomic E-state index is 0. The predicted molar refractivity (Wildman–Crippen MR) is 50.3 cm³/mol. The molecule has 20 heteroatoms. The van der Waals surface area contributed by atoms with Crippen LogP contribution in [-0.4, -0.2) is 44.8 Å². The van der Waals surface area contributed by atoms with E-state index in [4.69, 9.17) is 15.1 Å². The Balaban J connectivity index is -0.0000000536. The third kappa shape index (κ3) is 59.1. The van der Waals surface area contributed by atoms with Crippen molar-refractivity contribution >= 4 is 44.8 Å². The van der Waals surface area contributed by atoms with Crippen LogP contribution in [0.5, 0.6) is 0 Å². The molecule has 117 valence electrons. The molecule has 0 unspecified atom stereocenters. The van der Waals surface area contributed by atoms with E-state index in [1.165, 1.54) is 0 Å². The van der Waals surface area contributed by atoms with Gasteiger partial charge in [0.1, 0.15) is 23.1 Å². The second-order valence-electron chi connectivity index (χ2n) is 1.80. The molecule has 0 aliphatic rings. The van der Waals surface area contributed by atoms with Gasteiger partial charge in [-0.25, -0.2) is 0 Å². The maximum atomic E-state index is 9.45. The molecule has 12 nitrogen and oxygen atoms in total. The quantitative estimate of drug-likeness (QED) is 0.244. The van der Waals surface area contributed by atoms with Gasteiger partial charge in [0.15, 0.2) is 0 Å². The van der Waals surface area contributed by atoms with Crippen molar-refractivity contribution in [3.05, 3.63) is 0 Å². The molecule has 0 aliphatic carbocycles. The third-order valence-electron chi connectivity index (χ3n) is 0.569. The average molecular weight is 591 g/mol. The van der Waals surface area contributed by atoms with Gasteiger partial charge in [-0.1, -0.05) is 0 Å². The summed E-state index contributed by atoms with van der Waals surface area (Å²) in [5.41, 5.74) is 13.2. The zero-order valence-electron chi connectivity index (χ0n) is 9.45. The molecule has 0 heterocycles. The van der Waals surface area contributed by atoms with Crippen LogP contribution in [0, 0.1) is 74.6 Å². The van der Waals surface area contributed by atoms with Crippen LogP contribution in [0.25, 0.3) is 0 Å². The first kappa shape index (κ1) is 33.9. The van der Waals surface area contributed by atoms with Crippen LogP contribution in [-0.2, 0) is 13.7 Å². The summed E-state index contributed by atoms with van der Waals surface area (Å²) < 4.78 is 10.8. The number of nitrogens with two attached hydrogens (primary N) is 3. The van der Waals surface area contributed by atoms with Crippen LogP contribution in [0.3, 0.4) is 0 Å². The van der Waals surface area contributed by atoms with Gasteiger partial charge in [0.05, 0.1) is 0 Å². The van der Waals surface area contributed by atoms with Gasteiger partial charge in [-0.3, -0.25) is 0 Å². The Morgan fingerprint density at radius 1 is 0.600 bits per heavy atom. The van der Waals surface area contributed by atoms with Crippen LogP contribution in [0.1, 0.15) is 0 Å². The van der Waals surface area contributed by atoms with Gasteiger partial charge in [0.25, 0.3) is 0 Å². The molecule has 0 amide bonds. The van der Waals surface area contributed by atoms with Gasteiger partial charge in [0.2, 0.25) is 21.8 Å². The number of rotatable bonds is 6. The van der Waals surface area contributed by atoms with Crippen LogP contribution >= 0.6 is 0 Å². The fourth-order valence-electron chi connectivity index (χ4n) is 0.164. The second kappa shape index (κ2) is 29.4. The topological polar surface area (TPSA) is 244 Å². The molecule has 0 aromatic heterocycles.